The molecule has 0 aliphatic rings. The van der Waals surface area contributed by atoms with Crippen LogP contribution in [-0.4, -0.2) is 69.2 Å². The third-order valence-electron chi connectivity index (χ3n) is 4.40. The number of hydrogen-bond donors (Lipinski definition) is 1. The smallest absolute Gasteiger partial charge is 0.305 e. The van der Waals surface area contributed by atoms with Crippen molar-refractivity contribution < 1.29 is 37.6 Å². The summed E-state index contributed by atoms with van der Waals surface area (Å²) in [5.41, 5.74) is 0. The van der Waals surface area contributed by atoms with Gasteiger partial charge in [-0.1, -0.05) is 49.8 Å². The number of carbonyl (C=O) groups excluding carboxylic acids is 1. The van der Waals surface area contributed by atoms with E-state index in [1.54, 1.807) is 0 Å². The van der Waals surface area contributed by atoms with E-state index in [1.807, 2.05) is 21.1 Å². The highest BCUT2D eigenvalue weighted by Crippen LogP contribution is 2.38. The average Bonchev–Trinajstić information content (AvgIpc) is 2.73. The van der Waals surface area contributed by atoms with E-state index in [9.17, 15) is 19.4 Å². The van der Waals surface area contributed by atoms with Crippen molar-refractivity contribution in [1.29, 1.82) is 0 Å². The number of phosphoric acid groups is 1. The molecule has 8 nitrogen and oxygen atoms in total. The first-order valence-electron chi connectivity index (χ1n) is 11.7. The van der Waals surface area contributed by atoms with Crippen LogP contribution >= 0.6 is 7.82 Å². The number of likely N-dealkylation sites (N-methyl/N-ethyl adjacent to an activating group) is 1. The van der Waals surface area contributed by atoms with Crippen molar-refractivity contribution >= 4 is 13.8 Å². The largest absolute Gasteiger partial charge is 0.756 e. The van der Waals surface area contributed by atoms with Crippen molar-refractivity contribution in [3.05, 3.63) is 36.5 Å². The minimum Gasteiger partial charge on any atom is -0.756 e. The Morgan fingerprint density at radius 2 is 1.61 bits per heavy atom. The maximum absolute atomic E-state index is 11.7. The summed E-state index contributed by atoms with van der Waals surface area (Å²) < 4.78 is 26.6. The molecule has 1 N–H and O–H groups in total. The number of nitrogens with zero attached hydrogens (tertiary/aromatic N) is 1. The Morgan fingerprint density at radius 1 is 0.970 bits per heavy atom. The van der Waals surface area contributed by atoms with Gasteiger partial charge < -0.3 is 28.3 Å². The highest BCUT2D eigenvalue weighted by Gasteiger charge is 2.16. The number of unbranched alkanes of at least 4 members (excludes halogenated alkanes) is 3. The number of hydrogen-bond acceptors (Lipinski definition) is 7. The second-order valence-corrected chi connectivity index (χ2v) is 10.2. The number of rotatable bonds is 20. The van der Waals surface area contributed by atoms with Gasteiger partial charge in [-0.2, -0.15) is 0 Å². The van der Waals surface area contributed by atoms with Gasteiger partial charge in [0.1, 0.15) is 25.9 Å². The predicted octanol–water partition coefficient (Wildman–Crippen LogP) is 3.91. The fourth-order valence-corrected chi connectivity index (χ4v) is 3.22. The molecule has 0 aromatic heterocycles. The molecule has 33 heavy (non-hydrogen) atoms. The topological polar surface area (TPSA) is 105 Å². The molecule has 2 unspecified atom stereocenters. The maximum Gasteiger partial charge on any atom is 0.305 e. The highest BCUT2D eigenvalue weighted by atomic mass is 31.2. The SMILES string of the molecule is CC/C=C\C/C=C\C/C=C\CCCCCC(=O)OCC(O)COP(=O)([O-])OCC[N+](C)(C)C. The summed E-state index contributed by atoms with van der Waals surface area (Å²) in [6.07, 6.45) is 18.5. The molecule has 0 amide bonds. The summed E-state index contributed by atoms with van der Waals surface area (Å²) in [5, 5.41) is 9.76. The summed E-state index contributed by atoms with van der Waals surface area (Å²) in [6.45, 7) is 1.76. The van der Waals surface area contributed by atoms with Crippen LogP contribution in [0.25, 0.3) is 0 Å². The molecule has 0 fully saturated rings. The highest BCUT2D eigenvalue weighted by molar-refractivity contribution is 7.45. The van der Waals surface area contributed by atoms with Gasteiger partial charge >= 0.3 is 5.97 Å². The van der Waals surface area contributed by atoms with Crippen LogP contribution in [0.5, 0.6) is 0 Å². The molecular formula is C24H44NO7P. The van der Waals surface area contributed by atoms with Gasteiger partial charge in [0.2, 0.25) is 0 Å². The number of ether oxygens (including phenoxy) is 1. The van der Waals surface area contributed by atoms with E-state index >= 15 is 0 Å². The standard InChI is InChI=1S/C24H44NO7P/c1-5-6-7-8-9-10-11-12-13-14-15-16-17-18-24(27)30-21-23(26)22-32-33(28,29)31-20-19-25(2,3)4/h6-7,9-10,12-13,23,26H,5,8,11,14-22H2,1-4H3/b7-6-,10-9-,13-12-. The van der Waals surface area contributed by atoms with Crippen molar-refractivity contribution in [2.24, 2.45) is 0 Å². The van der Waals surface area contributed by atoms with Gasteiger partial charge in [0.05, 0.1) is 27.7 Å². The summed E-state index contributed by atoms with van der Waals surface area (Å²) in [7, 11) is 1.22. The second kappa shape index (κ2) is 19.1. The Bertz CT molecular complexity index is 641. The van der Waals surface area contributed by atoms with E-state index in [2.05, 4.69) is 47.9 Å². The fourth-order valence-electron chi connectivity index (χ4n) is 2.49. The van der Waals surface area contributed by atoms with Crippen LogP contribution in [0.1, 0.15) is 58.3 Å². The number of aliphatic hydroxyl groups is 1. The van der Waals surface area contributed by atoms with Gasteiger partial charge in [0, 0.05) is 6.42 Å². The number of quaternary nitrogens is 1. The van der Waals surface area contributed by atoms with Gasteiger partial charge in [-0.25, -0.2) is 0 Å². The predicted molar refractivity (Wildman–Crippen MR) is 129 cm³/mol. The first-order valence-corrected chi connectivity index (χ1v) is 13.2. The number of phosphoric ester groups is 1. The van der Waals surface area contributed by atoms with E-state index in [-0.39, 0.29) is 19.6 Å². The Balaban J connectivity index is 3.73. The summed E-state index contributed by atoms with van der Waals surface area (Å²) in [4.78, 5) is 23.4. The van der Waals surface area contributed by atoms with Crippen LogP contribution in [0.2, 0.25) is 0 Å². The lowest BCUT2D eigenvalue weighted by Gasteiger charge is -2.27. The van der Waals surface area contributed by atoms with Crippen LogP contribution in [0.3, 0.4) is 0 Å². The number of aliphatic hydroxyl groups excluding tert-OH is 1. The van der Waals surface area contributed by atoms with E-state index in [1.165, 1.54) is 0 Å². The second-order valence-electron chi connectivity index (χ2n) is 8.82. The van der Waals surface area contributed by atoms with Crippen molar-refractivity contribution in [1.82, 2.24) is 0 Å². The molecule has 0 aromatic rings. The quantitative estimate of drug-likeness (QED) is 0.0909. The molecule has 0 rings (SSSR count). The van der Waals surface area contributed by atoms with Gasteiger partial charge in [-0.3, -0.25) is 9.36 Å². The summed E-state index contributed by atoms with van der Waals surface area (Å²) in [5.74, 6) is -0.420. The average molecular weight is 490 g/mol. The number of carbonyl (C=O) groups is 1. The fraction of sp³-hybridized carbons (Fsp3) is 0.708. The third-order valence-corrected chi connectivity index (χ3v) is 5.37. The monoisotopic (exact) mass is 489 g/mol. The Kier molecular flexibility index (Phi) is 18.3. The van der Waals surface area contributed by atoms with Crippen molar-refractivity contribution in [3.63, 3.8) is 0 Å². The number of allylic oxidation sites excluding steroid dienone is 6. The molecule has 0 saturated heterocycles. The minimum absolute atomic E-state index is 0.0147. The lowest BCUT2D eigenvalue weighted by atomic mass is 10.1. The summed E-state index contributed by atoms with van der Waals surface area (Å²) >= 11 is 0. The zero-order valence-corrected chi connectivity index (χ0v) is 21.7. The van der Waals surface area contributed by atoms with Gasteiger partial charge in [-0.05, 0) is 38.5 Å². The van der Waals surface area contributed by atoms with E-state index < -0.39 is 26.5 Å². The van der Waals surface area contributed by atoms with Crippen LogP contribution in [0, 0.1) is 0 Å². The molecule has 0 bridgehead atoms. The van der Waals surface area contributed by atoms with Crippen LogP contribution in [-0.2, 0) is 23.1 Å². The minimum atomic E-state index is -4.50. The number of esters is 1. The molecule has 192 valence electrons. The zero-order chi connectivity index (χ0) is 25.0. The normalized spacial score (nSPS) is 15.5. The molecule has 9 heteroatoms. The van der Waals surface area contributed by atoms with Gasteiger partial charge in [-0.15, -0.1) is 0 Å². The summed E-state index contributed by atoms with van der Waals surface area (Å²) in [6, 6.07) is 0. The third kappa shape index (κ3) is 23.7. The molecule has 2 atom stereocenters. The van der Waals surface area contributed by atoms with Crippen molar-refractivity contribution in [2.75, 3.05) is 47.5 Å². The maximum atomic E-state index is 11.7. The zero-order valence-electron chi connectivity index (χ0n) is 20.8. The Hall–Kier alpha value is -1.28. The molecule has 0 aliphatic heterocycles. The first kappa shape index (κ1) is 31.7. The van der Waals surface area contributed by atoms with E-state index in [0.717, 1.165) is 38.5 Å². The van der Waals surface area contributed by atoms with Gasteiger partial charge in [0.15, 0.2) is 0 Å². The van der Waals surface area contributed by atoms with Crippen LogP contribution in [0.15, 0.2) is 36.5 Å². The molecule has 0 saturated carbocycles. The van der Waals surface area contributed by atoms with E-state index in [4.69, 9.17) is 9.26 Å². The molecule has 0 radical (unpaired) electrons. The van der Waals surface area contributed by atoms with Crippen molar-refractivity contribution in [2.45, 2.75) is 64.4 Å². The molecule has 0 aromatic carbocycles. The van der Waals surface area contributed by atoms with E-state index in [0.29, 0.717) is 17.4 Å². The first-order chi connectivity index (χ1) is 15.6. The molecule has 0 heterocycles. The molecule has 0 spiro atoms. The Morgan fingerprint density at radius 3 is 2.24 bits per heavy atom. The molecular weight excluding hydrogens is 445 g/mol. The van der Waals surface area contributed by atoms with Crippen LogP contribution in [0.4, 0.5) is 0 Å². The molecule has 0 aliphatic carbocycles. The lowest BCUT2D eigenvalue weighted by molar-refractivity contribution is -0.870. The van der Waals surface area contributed by atoms with Crippen LogP contribution < -0.4 is 4.89 Å². The lowest BCUT2D eigenvalue weighted by Crippen LogP contribution is -2.37. The van der Waals surface area contributed by atoms with Gasteiger partial charge in [0.25, 0.3) is 7.82 Å². The van der Waals surface area contributed by atoms with Crippen molar-refractivity contribution in [3.8, 4) is 0 Å². The Labute approximate surface area is 200 Å².